The SMILES string of the molecule is Cc1ccc(OCc2cc(C#CCCO)cs2)cc1F. The molecule has 0 atom stereocenters. The van der Waals surface area contributed by atoms with E-state index in [0.717, 1.165) is 10.4 Å². The van der Waals surface area contributed by atoms with E-state index in [9.17, 15) is 4.39 Å². The van der Waals surface area contributed by atoms with Crippen LogP contribution in [0.25, 0.3) is 0 Å². The van der Waals surface area contributed by atoms with Crippen LogP contribution in [0.5, 0.6) is 5.75 Å². The second-order valence-electron chi connectivity index (χ2n) is 4.28. The van der Waals surface area contributed by atoms with Gasteiger partial charge in [-0.2, -0.15) is 0 Å². The molecule has 2 rings (SSSR count). The lowest BCUT2D eigenvalue weighted by atomic mass is 10.2. The number of benzene rings is 1. The molecular weight excluding hydrogens is 275 g/mol. The number of halogens is 1. The van der Waals surface area contributed by atoms with Crippen molar-refractivity contribution in [3.63, 3.8) is 0 Å². The zero-order chi connectivity index (χ0) is 14.4. The number of hydrogen-bond donors (Lipinski definition) is 1. The third-order valence-corrected chi connectivity index (χ3v) is 3.56. The van der Waals surface area contributed by atoms with Gasteiger partial charge in [0.15, 0.2) is 0 Å². The monoisotopic (exact) mass is 290 g/mol. The molecule has 0 bridgehead atoms. The van der Waals surface area contributed by atoms with E-state index in [1.54, 1.807) is 30.4 Å². The first kappa shape index (κ1) is 14.6. The first-order valence-corrected chi connectivity index (χ1v) is 7.13. The summed E-state index contributed by atoms with van der Waals surface area (Å²) in [6.45, 7) is 2.19. The van der Waals surface area contributed by atoms with Gasteiger partial charge in [-0.15, -0.1) is 11.3 Å². The van der Waals surface area contributed by atoms with Crippen LogP contribution in [0.2, 0.25) is 0 Å². The third-order valence-electron chi connectivity index (χ3n) is 2.65. The number of aliphatic hydroxyl groups excluding tert-OH is 1. The van der Waals surface area contributed by atoms with Gasteiger partial charge in [0, 0.05) is 28.3 Å². The maximum atomic E-state index is 13.4. The van der Waals surface area contributed by atoms with Crippen LogP contribution in [0.3, 0.4) is 0 Å². The van der Waals surface area contributed by atoms with E-state index in [1.165, 1.54) is 6.07 Å². The summed E-state index contributed by atoms with van der Waals surface area (Å²) in [5, 5.41) is 10.6. The molecule has 0 aliphatic heterocycles. The topological polar surface area (TPSA) is 29.5 Å². The summed E-state index contributed by atoms with van der Waals surface area (Å²) in [6.07, 6.45) is 0.477. The Hall–Kier alpha value is -1.83. The van der Waals surface area contributed by atoms with Gasteiger partial charge in [-0.25, -0.2) is 4.39 Å². The lowest BCUT2D eigenvalue weighted by molar-refractivity contribution is 0.305. The second-order valence-corrected chi connectivity index (χ2v) is 5.27. The fourth-order valence-electron chi connectivity index (χ4n) is 1.56. The van der Waals surface area contributed by atoms with Crippen molar-refractivity contribution in [2.24, 2.45) is 0 Å². The standard InChI is InChI=1S/C16H15FO2S/c1-12-5-6-14(9-16(12)17)19-10-15-8-13(11-20-15)4-2-3-7-18/h5-6,8-9,11,18H,3,7,10H2,1H3. The Balaban J connectivity index is 1.94. The number of hydrogen-bond acceptors (Lipinski definition) is 3. The van der Waals surface area contributed by atoms with Crippen LogP contribution in [0, 0.1) is 24.6 Å². The van der Waals surface area contributed by atoms with Crippen LogP contribution in [0.1, 0.15) is 22.4 Å². The molecule has 2 nitrogen and oxygen atoms in total. The third kappa shape index (κ3) is 4.09. The van der Waals surface area contributed by atoms with Crippen LogP contribution in [-0.2, 0) is 6.61 Å². The minimum absolute atomic E-state index is 0.0755. The average Bonchev–Trinajstić information content (AvgIpc) is 2.88. The van der Waals surface area contributed by atoms with E-state index in [1.807, 2.05) is 11.4 Å². The van der Waals surface area contributed by atoms with Gasteiger partial charge in [0.05, 0.1) is 6.61 Å². The highest BCUT2D eigenvalue weighted by atomic mass is 32.1. The predicted octanol–water partition coefficient (Wildman–Crippen LogP) is 3.51. The quantitative estimate of drug-likeness (QED) is 0.873. The van der Waals surface area contributed by atoms with Gasteiger partial charge < -0.3 is 9.84 Å². The minimum atomic E-state index is -0.260. The predicted molar refractivity (Wildman–Crippen MR) is 78.4 cm³/mol. The average molecular weight is 290 g/mol. The fraction of sp³-hybridized carbons (Fsp3) is 0.250. The van der Waals surface area contributed by atoms with E-state index in [-0.39, 0.29) is 12.4 Å². The van der Waals surface area contributed by atoms with Gasteiger partial charge in [0.25, 0.3) is 0 Å². The van der Waals surface area contributed by atoms with E-state index in [2.05, 4.69) is 11.8 Å². The van der Waals surface area contributed by atoms with E-state index >= 15 is 0 Å². The number of aliphatic hydroxyl groups is 1. The van der Waals surface area contributed by atoms with Crippen molar-refractivity contribution >= 4 is 11.3 Å². The minimum Gasteiger partial charge on any atom is -0.488 e. The Labute approximate surface area is 121 Å². The van der Waals surface area contributed by atoms with Crippen molar-refractivity contribution in [3.05, 3.63) is 51.5 Å². The van der Waals surface area contributed by atoms with Crippen molar-refractivity contribution in [3.8, 4) is 17.6 Å². The van der Waals surface area contributed by atoms with E-state index in [4.69, 9.17) is 9.84 Å². The number of rotatable bonds is 4. The molecule has 0 aliphatic rings. The molecule has 1 aromatic carbocycles. The van der Waals surface area contributed by atoms with E-state index < -0.39 is 0 Å². The number of thiophene rings is 1. The molecule has 2 aromatic rings. The van der Waals surface area contributed by atoms with Crippen LogP contribution in [0.15, 0.2) is 29.6 Å². The molecule has 1 aromatic heterocycles. The summed E-state index contributed by atoms with van der Waals surface area (Å²) < 4.78 is 18.9. The summed E-state index contributed by atoms with van der Waals surface area (Å²) >= 11 is 1.55. The lowest BCUT2D eigenvalue weighted by Crippen LogP contribution is -1.94. The molecular formula is C16H15FO2S. The van der Waals surface area contributed by atoms with Crippen LogP contribution in [-0.4, -0.2) is 11.7 Å². The summed E-state index contributed by atoms with van der Waals surface area (Å²) in [5.41, 5.74) is 1.52. The van der Waals surface area contributed by atoms with Gasteiger partial charge in [0.2, 0.25) is 0 Å². The van der Waals surface area contributed by atoms with Gasteiger partial charge in [-0.1, -0.05) is 17.9 Å². The van der Waals surface area contributed by atoms with Crippen LogP contribution < -0.4 is 4.74 Å². The van der Waals surface area contributed by atoms with Crippen molar-refractivity contribution in [1.82, 2.24) is 0 Å². The Morgan fingerprint density at radius 2 is 2.20 bits per heavy atom. The molecule has 0 amide bonds. The van der Waals surface area contributed by atoms with Gasteiger partial charge in [-0.05, 0) is 24.6 Å². The van der Waals surface area contributed by atoms with Crippen molar-refractivity contribution in [2.45, 2.75) is 20.0 Å². The Kier molecular flexibility index (Phi) is 5.16. The molecule has 0 saturated heterocycles. The zero-order valence-electron chi connectivity index (χ0n) is 11.1. The Morgan fingerprint density at radius 1 is 1.35 bits per heavy atom. The van der Waals surface area contributed by atoms with Crippen molar-refractivity contribution < 1.29 is 14.2 Å². The molecule has 0 saturated carbocycles. The molecule has 1 N–H and O–H groups in total. The molecule has 104 valence electrons. The Bertz CT molecular complexity index is 637. The smallest absolute Gasteiger partial charge is 0.129 e. The van der Waals surface area contributed by atoms with Crippen molar-refractivity contribution in [1.29, 1.82) is 0 Å². The fourth-order valence-corrected chi connectivity index (χ4v) is 2.29. The molecule has 1 heterocycles. The molecule has 0 radical (unpaired) electrons. The second kappa shape index (κ2) is 7.09. The molecule has 0 aliphatic carbocycles. The van der Waals surface area contributed by atoms with Crippen LogP contribution >= 0.6 is 11.3 Å². The highest BCUT2D eigenvalue weighted by molar-refractivity contribution is 7.10. The molecule has 0 spiro atoms. The highest BCUT2D eigenvalue weighted by Crippen LogP contribution is 2.20. The van der Waals surface area contributed by atoms with Gasteiger partial charge in [0.1, 0.15) is 18.2 Å². The largest absolute Gasteiger partial charge is 0.488 e. The number of ether oxygens (including phenoxy) is 1. The summed E-state index contributed by atoms with van der Waals surface area (Å²) in [4.78, 5) is 1.03. The molecule has 20 heavy (non-hydrogen) atoms. The normalized spacial score (nSPS) is 9.95. The summed E-state index contributed by atoms with van der Waals surface area (Å²) in [5.74, 6) is 6.10. The first-order chi connectivity index (χ1) is 9.69. The lowest BCUT2D eigenvalue weighted by Gasteiger charge is -2.05. The molecule has 4 heteroatoms. The maximum absolute atomic E-state index is 13.4. The van der Waals surface area contributed by atoms with Gasteiger partial charge in [-0.3, -0.25) is 0 Å². The summed E-state index contributed by atoms with van der Waals surface area (Å²) in [7, 11) is 0. The van der Waals surface area contributed by atoms with Crippen molar-refractivity contribution in [2.75, 3.05) is 6.61 Å². The summed E-state index contributed by atoms with van der Waals surface area (Å²) in [6, 6.07) is 6.80. The maximum Gasteiger partial charge on any atom is 0.129 e. The molecule has 0 unspecified atom stereocenters. The van der Waals surface area contributed by atoms with E-state index in [0.29, 0.717) is 24.3 Å². The van der Waals surface area contributed by atoms with Crippen LogP contribution in [0.4, 0.5) is 4.39 Å². The Morgan fingerprint density at radius 3 is 2.95 bits per heavy atom. The first-order valence-electron chi connectivity index (χ1n) is 6.25. The molecule has 0 fully saturated rings. The van der Waals surface area contributed by atoms with Gasteiger partial charge >= 0.3 is 0 Å². The zero-order valence-corrected chi connectivity index (χ0v) is 12.0. The highest BCUT2D eigenvalue weighted by Gasteiger charge is 2.02. The number of aryl methyl sites for hydroxylation is 1.